The summed E-state index contributed by atoms with van der Waals surface area (Å²) in [7, 11) is -3.81. The van der Waals surface area contributed by atoms with Crippen molar-refractivity contribution in [2.75, 3.05) is 10.0 Å². The predicted molar refractivity (Wildman–Crippen MR) is 118 cm³/mol. The van der Waals surface area contributed by atoms with E-state index in [0.29, 0.717) is 11.4 Å². The molecule has 0 radical (unpaired) electrons. The number of benzene rings is 3. The van der Waals surface area contributed by atoms with Crippen molar-refractivity contribution in [3.05, 3.63) is 90.0 Å². The fraction of sp³-hybridized carbons (Fsp3) is 0.130. The average molecular weight is 439 g/mol. The zero-order valence-corrected chi connectivity index (χ0v) is 17.8. The summed E-state index contributed by atoms with van der Waals surface area (Å²) in [6.45, 7) is 3.36. The van der Waals surface area contributed by atoms with E-state index in [1.165, 1.54) is 31.2 Å². The van der Waals surface area contributed by atoms with Gasteiger partial charge in [0, 0.05) is 11.4 Å². The van der Waals surface area contributed by atoms with Gasteiger partial charge in [0.05, 0.1) is 10.5 Å². The number of rotatable bonds is 7. The van der Waals surface area contributed by atoms with Crippen LogP contribution in [-0.2, 0) is 19.6 Å². The van der Waals surface area contributed by atoms with Crippen molar-refractivity contribution in [1.82, 2.24) is 0 Å². The third kappa shape index (κ3) is 5.93. The summed E-state index contributed by atoms with van der Waals surface area (Å²) in [5.41, 5.74) is 2.17. The molecule has 1 atom stereocenters. The topological polar surface area (TPSA) is 102 Å². The standard InChI is InChI=1S/C23H22N2O5S/c1-16-8-12-20(13-9-16)25-31(28,29)21-14-10-18(11-15-21)23(27)30-17(2)22(26)24-19-6-4-3-5-7-19/h3-15,17,25H,1-2H3,(H,24,26). The molecule has 160 valence electrons. The van der Waals surface area contributed by atoms with Gasteiger partial charge in [-0.3, -0.25) is 9.52 Å². The number of hydrogen-bond acceptors (Lipinski definition) is 5. The lowest BCUT2D eigenvalue weighted by Crippen LogP contribution is -2.30. The fourth-order valence-electron chi connectivity index (χ4n) is 2.65. The zero-order valence-electron chi connectivity index (χ0n) is 17.0. The Labute approximate surface area is 181 Å². The van der Waals surface area contributed by atoms with Gasteiger partial charge in [0.1, 0.15) is 0 Å². The molecule has 7 nitrogen and oxygen atoms in total. The molecule has 0 fully saturated rings. The molecule has 0 bridgehead atoms. The van der Waals surface area contributed by atoms with Gasteiger partial charge in [0.15, 0.2) is 6.10 Å². The SMILES string of the molecule is Cc1ccc(NS(=O)(=O)c2ccc(C(=O)OC(C)C(=O)Nc3ccccc3)cc2)cc1. The first-order chi connectivity index (χ1) is 14.7. The van der Waals surface area contributed by atoms with E-state index in [4.69, 9.17) is 4.74 Å². The molecule has 0 aromatic heterocycles. The van der Waals surface area contributed by atoms with Gasteiger partial charge in [0.25, 0.3) is 15.9 Å². The van der Waals surface area contributed by atoms with Crippen LogP contribution in [0.2, 0.25) is 0 Å². The molecule has 3 aromatic rings. The van der Waals surface area contributed by atoms with Gasteiger partial charge in [-0.1, -0.05) is 35.9 Å². The molecular weight excluding hydrogens is 416 g/mol. The lowest BCUT2D eigenvalue weighted by atomic mass is 10.2. The Kier molecular flexibility index (Phi) is 6.71. The number of hydrogen-bond donors (Lipinski definition) is 2. The van der Waals surface area contributed by atoms with Gasteiger partial charge in [0.2, 0.25) is 0 Å². The summed E-state index contributed by atoms with van der Waals surface area (Å²) in [6.07, 6.45) is -1.03. The minimum Gasteiger partial charge on any atom is -0.449 e. The minimum absolute atomic E-state index is 0.000468. The number of amides is 1. The van der Waals surface area contributed by atoms with Crippen LogP contribution in [0.3, 0.4) is 0 Å². The van der Waals surface area contributed by atoms with E-state index < -0.39 is 28.0 Å². The molecule has 0 aliphatic rings. The molecule has 0 spiro atoms. The monoisotopic (exact) mass is 438 g/mol. The maximum Gasteiger partial charge on any atom is 0.338 e. The molecule has 0 aliphatic heterocycles. The summed E-state index contributed by atoms with van der Waals surface area (Å²) in [4.78, 5) is 24.5. The Morgan fingerprint density at radius 1 is 0.839 bits per heavy atom. The molecule has 1 amide bonds. The van der Waals surface area contributed by atoms with Gasteiger partial charge >= 0.3 is 5.97 Å². The van der Waals surface area contributed by atoms with E-state index in [-0.39, 0.29) is 10.5 Å². The lowest BCUT2D eigenvalue weighted by Gasteiger charge is -2.14. The van der Waals surface area contributed by atoms with Crippen LogP contribution in [0.4, 0.5) is 11.4 Å². The molecule has 3 rings (SSSR count). The molecule has 2 N–H and O–H groups in total. The van der Waals surface area contributed by atoms with Gasteiger partial charge in [-0.15, -0.1) is 0 Å². The number of ether oxygens (including phenoxy) is 1. The number of aryl methyl sites for hydroxylation is 1. The second-order valence-electron chi connectivity index (χ2n) is 6.90. The number of para-hydroxylation sites is 1. The summed E-state index contributed by atoms with van der Waals surface area (Å²) in [6, 6.07) is 21.0. The second-order valence-corrected chi connectivity index (χ2v) is 8.58. The number of nitrogens with one attached hydrogen (secondary N) is 2. The van der Waals surface area contributed by atoms with Crippen LogP contribution in [-0.4, -0.2) is 26.4 Å². The number of carbonyl (C=O) groups is 2. The summed E-state index contributed by atoms with van der Waals surface area (Å²) < 4.78 is 32.7. The summed E-state index contributed by atoms with van der Waals surface area (Å²) in [5.74, 6) is -1.20. The molecule has 0 heterocycles. The number of esters is 1. The molecule has 3 aromatic carbocycles. The maximum absolute atomic E-state index is 12.5. The highest BCUT2D eigenvalue weighted by Crippen LogP contribution is 2.18. The van der Waals surface area contributed by atoms with E-state index in [2.05, 4.69) is 10.0 Å². The van der Waals surface area contributed by atoms with E-state index in [9.17, 15) is 18.0 Å². The quantitative estimate of drug-likeness (QED) is 0.544. The van der Waals surface area contributed by atoms with Crippen LogP contribution in [0, 0.1) is 6.92 Å². The van der Waals surface area contributed by atoms with Crippen molar-refractivity contribution in [3.8, 4) is 0 Å². The summed E-state index contributed by atoms with van der Waals surface area (Å²) >= 11 is 0. The average Bonchev–Trinajstić information content (AvgIpc) is 2.76. The molecule has 0 aliphatic carbocycles. The Morgan fingerprint density at radius 3 is 2.06 bits per heavy atom. The van der Waals surface area contributed by atoms with Crippen LogP contribution in [0.25, 0.3) is 0 Å². The van der Waals surface area contributed by atoms with E-state index in [1.807, 2.05) is 13.0 Å². The first-order valence-corrected chi connectivity index (χ1v) is 11.0. The van der Waals surface area contributed by atoms with Crippen LogP contribution >= 0.6 is 0 Å². The Hall–Kier alpha value is -3.65. The van der Waals surface area contributed by atoms with Crippen molar-refractivity contribution < 1.29 is 22.7 Å². The third-order valence-corrected chi connectivity index (χ3v) is 5.80. The van der Waals surface area contributed by atoms with Crippen molar-refractivity contribution in [2.24, 2.45) is 0 Å². The van der Waals surface area contributed by atoms with Crippen molar-refractivity contribution >= 4 is 33.3 Å². The Bertz CT molecular complexity index is 1160. The Balaban J connectivity index is 1.62. The van der Waals surface area contributed by atoms with E-state index >= 15 is 0 Å². The maximum atomic E-state index is 12.5. The molecule has 8 heteroatoms. The van der Waals surface area contributed by atoms with Crippen LogP contribution < -0.4 is 10.0 Å². The number of carbonyl (C=O) groups excluding carboxylic acids is 2. The minimum atomic E-state index is -3.81. The van der Waals surface area contributed by atoms with Gasteiger partial charge in [-0.25, -0.2) is 13.2 Å². The molecule has 0 saturated carbocycles. The molecule has 1 unspecified atom stereocenters. The normalized spacial score (nSPS) is 11.9. The van der Waals surface area contributed by atoms with Crippen LogP contribution in [0.1, 0.15) is 22.8 Å². The first-order valence-electron chi connectivity index (χ1n) is 9.51. The van der Waals surface area contributed by atoms with Gasteiger partial charge in [-0.05, 0) is 62.4 Å². The van der Waals surface area contributed by atoms with Gasteiger partial charge < -0.3 is 10.1 Å². The predicted octanol–water partition coefficient (Wildman–Crippen LogP) is 3.98. The van der Waals surface area contributed by atoms with Crippen LogP contribution in [0.5, 0.6) is 0 Å². The molecule has 0 saturated heterocycles. The van der Waals surface area contributed by atoms with Crippen molar-refractivity contribution in [2.45, 2.75) is 24.8 Å². The van der Waals surface area contributed by atoms with Crippen LogP contribution in [0.15, 0.2) is 83.8 Å². The number of sulfonamides is 1. The molecular formula is C23H22N2O5S. The highest BCUT2D eigenvalue weighted by molar-refractivity contribution is 7.92. The van der Waals surface area contributed by atoms with E-state index in [1.54, 1.807) is 48.5 Å². The third-order valence-electron chi connectivity index (χ3n) is 4.40. The van der Waals surface area contributed by atoms with Gasteiger partial charge in [-0.2, -0.15) is 0 Å². The zero-order chi connectivity index (χ0) is 22.4. The second kappa shape index (κ2) is 9.44. The van der Waals surface area contributed by atoms with E-state index in [0.717, 1.165) is 5.56 Å². The highest BCUT2D eigenvalue weighted by Gasteiger charge is 2.20. The smallest absolute Gasteiger partial charge is 0.338 e. The highest BCUT2D eigenvalue weighted by atomic mass is 32.2. The lowest BCUT2D eigenvalue weighted by molar-refractivity contribution is -0.123. The summed E-state index contributed by atoms with van der Waals surface area (Å²) in [5, 5.41) is 2.65. The Morgan fingerprint density at radius 2 is 1.45 bits per heavy atom. The molecule has 31 heavy (non-hydrogen) atoms. The largest absolute Gasteiger partial charge is 0.449 e. The number of anilines is 2. The first kappa shape index (κ1) is 22.0. The fourth-order valence-corrected chi connectivity index (χ4v) is 3.71. The van der Waals surface area contributed by atoms with Crippen molar-refractivity contribution in [1.29, 1.82) is 0 Å². The van der Waals surface area contributed by atoms with Crippen molar-refractivity contribution in [3.63, 3.8) is 0 Å².